The Morgan fingerprint density at radius 3 is 1.78 bits per heavy atom. The molecule has 2 aromatic carbocycles. The zero-order valence-corrected chi connectivity index (χ0v) is 10.1. The highest BCUT2D eigenvalue weighted by atomic mass is 17.2. The summed E-state index contributed by atoms with van der Waals surface area (Å²) in [5, 5.41) is 0. The van der Waals surface area contributed by atoms with Gasteiger partial charge >= 0.3 is 0 Å². The Hall–Kier alpha value is -1.68. The third-order valence-electron chi connectivity index (χ3n) is 2.39. The molecule has 0 atom stereocenters. The normalized spacial score (nSPS) is 10.4. The van der Waals surface area contributed by atoms with Crippen molar-refractivity contribution in [3.8, 4) is 0 Å². The Morgan fingerprint density at radius 1 is 0.611 bits per heavy atom. The summed E-state index contributed by atoms with van der Waals surface area (Å²) in [5.41, 5.74) is 2.18. The molecule has 0 amide bonds. The van der Waals surface area contributed by atoms with Crippen molar-refractivity contribution in [2.75, 3.05) is 6.79 Å². The fourth-order valence-corrected chi connectivity index (χ4v) is 1.49. The van der Waals surface area contributed by atoms with E-state index in [2.05, 4.69) is 0 Å². The van der Waals surface area contributed by atoms with Crippen molar-refractivity contribution < 1.29 is 14.5 Å². The van der Waals surface area contributed by atoms with Gasteiger partial charge in [0.15, 0.2) is 6.79 Å². The molecule has 0 radical (unpaired) electrons. The minimum atomic E-state index is 0.127. The molecule has 3 nitrogen and oxygen atoms in total. The SMILES string of the molecule is c1ccc(COCOOCc2ccccc2)cc1. The van der Waals surface area contributed by atoms with Crippen LogP contribution in [0.3, 0.4) is 0 Å². The lowest BCUT2D eigenvalue weighted by atomic mass is 10.2. The lowest BCUT2D eigenvalue weighted by molar-refractivity contribution is -0.345. The maximum atomic E-state index is 5.31. The van der Waals surface area contributed by atoms with Crippen LogP contribution in [0.2, 0.25) is 0 Å². The molecule has 0 aliphatic heterocycles. The van der Waals surface area contributed by atoms with Gasteiger partial charge in [0.2, 0.25) is 0 Å². The van der Waals surface area contributed by atoms with Gasteiger partial charge in [-0.3, -0.25) is 0 Å². The fourth-order valence-electron chi connectivity index (χ4n) is 1.49. The topological polar surface area (TPSA) is 27.7 Å². The smallest absolute Gasteiger partial charge is 0.181 e. The quantitative estimate of drug-likeness (QED) is 0.324. The van der Waals surface area contributed by atoms with Crippen LogP contribution >= 0.6 is 0 Å². The number of hydrogen-bond acceptors (Lipinski definition) is 3. The van der Waals surface area contributed by atoms with Crippen LogP contribution < -0.4 is 0 Å². The predicted octanol–water partition coefficient (Wildman–Crippen LogP) is 3.31. The molecular formula is C15H16O3. The molecule has 94 valence electrons. The van der Waals surface area contributed by atoms with Gasteiger partial charge in [-0.1, -0.05) is 60.7 Å². The highest BCUT2D eigenvalue weighted by Crippen LogP contribution is 2.02. The van der Waals surface area contributed by atoms with Gasteiger partial charge in [-0.05, 0) is 11.1 Å². The van der Waals surface area contributed by atoms with Crippen molar-refractivity contribution in [3.63, 3.8) is 0 Å². The first-order valence-corrected chi connectivity index (χ1v) is 5.85. The lowest BCUT2D eigenvalue weighted by Gasteiger charge is -2.05. The molecule has 18 heavy (non-hydrogen) atoms. The number of ether oxygens (including phenoxy) is 1. The van der Waals surface area contributed by atoms with Crippen molar-refractivity contribution in [1.82, 2.24) is 0 Å². The van der Waals surface area contributed by atoms with Crippen LogP contribution in [0.25, 0.3) is 0 Å². The summed E-state index contributed by atoms with van der Waals surface area (Å²) in [6.45, 7) is 1.08. The van der Waals surface area contributed by atoms with Crippen molar-refractivity contribution in [2.45, 2.75) is 13.2 Å². The summed E-state index contributed by atoms with van der Waals surface area (Å²) < 4.78 is 5.31. The van der Waals surface area contributed by atoms with E-state index < -0.39 is 0 Å². The number of hydrogen-bond donors (Lipinski definition) is 0. The molecule has 0 fully saturated rings. The summed E-state index contributed by atoms with van der Waals surface area (Å²) in [5.74, 6) is 0. The van der Waals surface area contributed by atoms with Gasteiger partial charge < -0.3 is 4.74 Å². The standard InChI is InChI=1S/C15H16O3/c1-3-7-14(8-4-1)11-16-13-18-17-12-15-9-5-2-6-10-15/h1-10H,11-13H2. The molecule has 3 heteroatoms. The Bertz CT molecular complexity index is 385. The monoisotopic (exact) mass is 244 g/mol. The Kier molecular flexibility index (Phi) is 5.40. The van der Waals surface area contributed by atoms with Gasteiger partial charge in [-0.25, -0.2) is 9.78 Å². The third-order valence-corrected chi connectivity index (χ3v) is 2.39. The zero-order chi connectivity index (χ0) is 12.5. The Labute approximate surface area is 107 Å². The van der Waals surface area contributed by atoms with Crippen molar-refractivity contribution in [2.24, 2.45) is 0 Å². The molecule has 0 aliphatic rings. The average Bonchev–Trinajstić information content (AvgIpc) is 2.45. The molecule has 0 saturated heterocycles. The van der Waals surface area contributed by atoms with Crippen LogP contribution in [0.5, 0.6) is 0 Å². The summed E-state index contributed by atoms with van der Waals surface area (Å²) in [7, 11) is 0. The first-order valence-electron chi connectivity index (χ1n) is 5.85. The van der Waals surface area contributed by atoms with Crippen LogP contribution in [-0.2, 0) is 27.7 Å². The lowest BCUT2D eigenvalue weighted by Crippen LogP contribution is -2.01. The molecule has 0 N–H and O–H groups in total. The van der Waals surface area contributed by atoms with Crippen molar-refractivity contribution in [3.05, 3.63) is 71.8 Å². The zero-order valence-electron chi connectivity index (χ0n) is 10.1. The average molecular weight is 244 g/mol. The number of rotatable bonds is 7. The van der Waals surface area contributed by atoms with Crippen LogP contribution in [0, 0.1) is 0 Å². The highest BCUT2D eigenvalue weighted by molar-refractivity contribution is 5.13. The molecule has 2 rings (SSSR count). The van der Waals surface area contributed by atoms with Gasteiger partial charge in [0.05, 0.1) is 6.61 Å². The van der Waals surface area contributed by atoms with E-state index in [-0.39, 0.29) is 6.79 Å². The van der Waals surface area contributed by atoms with E-state index >= 15 is 0 Å². The van der Waals surface area contributed by atoms with Gasteiger partial charge in [0.1, 0.15) is 6.61 Å². The summed E-state index contributed by atoms with van der Waals surface area (Å²) >= 11 is 0. The van der Waals surface area contributed by atoms with E-state index in [1.54, 1.807) is 0 Å². The maximum Gasteiger partial charge on any atom is 0.181 e. The largest absolute Gasteiger partial charge is 0.348 e. The van der Waals surface area contributed by atoms with E-state index in [0.717, 1.165) is 11.1 Å². The van der Waals surface area contributed by atoms with Gasteiger partial charge in [-0.2, -0.15) is 0 Å². The van der Waals surface area contributed by atoms with Crippen LogP contribution in [-0.4, -0.2) is 6.79 Å². The van der Waals surface area contributed by atoms with Crippen LogP contribution in [0.15, 0.2) is 60.7 Å². The van der Waals surface area contributed by atoms with Crippen molar-refractivity contribution >= 4 is 0 Å². The van der Waals surface area contributed by atoms with Gasteiger partial charge in [-0.15, -0.1) is 0 Å². The summed E-state index contributed by atoms with van der Waals surface area (Å²) in [6.07, 6.45) is 0. The molecule has 0 aliphatic carbocycles. The molecule has 0 bridgehead atoms. The Morgan fingerprint density at radius 2 is 1.17 bits per heavy atom. The fraction of sp³-hybridized carbons (Fsp3) is 0.200. The van der Waals surface area contributed by atoms with E-state index in [1.165, 1.54) is 0 Å². The molecule has 0 saturated carbocycles. The van der Waals surface area contributed by atoms with Crippen LogP contribution in [0.1, 0.15) is 11.1 Å². The van der Waals surface area contributed by atoms with Crippen molar-refractivity contribution in [1.29, 1.82) is 0 Å². The predicted molar refractivity (Wildman–Crippen MR) is 68.4 cm³/mol. The Balaban J connectivity index is 1.54. The second-order valence-electron chi connectivity index (χ2n) is 3.82. The minimum Gasteiger partial charge on any atom is -0.348 e. The second-order valence-corrected chi connectivity index (χ2v) is 3.82. The summed E-state index contributed by atoms with van der Waals surface area (Å²) in [4.78, 5) is 9.97. The minimum absolute atomic E-state index is 0.127. The first kappa shape index (κ1) is 12.8. The molecule has 0 aromatic heterocycles. The molecule has 0 unspecified atom stereocenters. The highest BCUT2D eigenvalue weighted by Gasteiger charge is 1.94. The van der Waals surface area contributed by atoms with E-state index in [1.807, 2.05) is 60.7 Å². The number of benzene rings is 2. The van der Waals surface area contributed by atoms with Gasteiger partial charge in [0.25, 0.3) is 0 Å². The molecule has 2 aromatic rings. The van der Waals surface area contributed by atoms with E-state index in [0.29, 0.717) is 13.2 Å². The van der Waals surface area contributed by atoms with Crippen LogP contribution in [0.4, 0.5) is 0 Å². The molecule has 0 heterocycles. The molecule has 0 spiro atoms. The second kappa shape index (κ2) is 7.61. The van der Waals surface area contributed by atoms with E-state index in [4.69, 9.17) is 14.5 Å². The van der Waals surface area contributed by atoms with Gasteiger partial charge in [0, 0.05) is 0 Å². The first-order chi connectivity index (χ1) is 8.95. The maximum absolute atomic E-state index is 5.31. The summed E-state index contributed by atoms with van der Waals surface area (Å²) in [6, 6.07) is 19.8. The molecular weight excluding hydrogens is 228 g/mol. The third kappa shape index (κ3) is 4.67. The van der Waals surface area contributed by atoms with E-state index in [9.17, 15) is 0 Å².